The molecule has 2 aromatic heterocycles. The molecule has 0 spiro atoms. The molecule has 0 aliphatic carbocycles. The van der Waals surface area contributed by atoms with Crippen LogP contribution in [0.1, 0.15) is 27.0 Å². The molecule has 2 aromatic rings. The van der Waals surface area contributed by atoms with Crippen molar-refractivity contribution in [2.45, 2.75) is 12.5 Å². The molecule has 0 aromatic carbocycles. The van der Waals surface area contributed by atoms with Crippen molar-refractivity contribution < 1.29 is 9.53 Å². The fourth-order valence-electron chi connectivity index (χ4n) is 3.19. The fourth-order valence-corrected chi connectivity index (χ4v) is 4.69. The molecule has 0 saturated carbocycles. The van der Waals surface area contributed by atoms with Crippen molar-refractivity contribution >= 4 is 34.5 Å². The summed E-state index contributed by atoms with van der Waals surface area (Å²) >= 11 is 3.24. The van der Waals surface area contributed by atoms with Crippen LogP contribution in [0, 0.1) is 0 Å². The number of hydrogen-bond donors (Lipinski definition) is 3. The molecule has 158 valence electrons. The molecular formula is C20H29N5O2S2. The smallest absolute Gasteiger partial charge is 0.261 e. The minimum Gasteiger partial charge on any atom is -0.379 e. The zero-order chi connectivity index (χ0) is 20.3. The Bertz CT molecular complexity index is 743. The molecule has 1 aliphatic heterocycles. The second-order valence-electron chi connectivity index (χ2n) is 6.65. The van der Waals surface area contributed by atoms with Gasteiger partial charge in [-0.25, -0.2) is 0 Å². The minimum absolute atomic E-state index is 0.00759. The highest BCUT2D eigenvalue weighted by molar-refractivity contribution is 7.12. The minimum atomic E-state index is -0.00759. The SMILES string of the molecule is CN=C(NCCCNC(=O)c1cccs1)NCC(c1cccs1)N1CCOCC1. The number of aliphatic imine (C=N–C) groups is 1. The van der Waals surface area contributed by atoms with Gasteiger partial charge in [0.05, 0.1) is 24.1 Å². The quantitative estimate of drug-likeness (QED) is 0.320. The van der Waals surface area contributed by atoms with Crippen LogP contribution in [-0.2, 0) is 4.74 Å². The highest BCUT2D eigenvalue weighted by atomic mass is 32.1. The van der Waals surface area contributed by atoms with E-state index in [1.54, 1.807) is 18.4 Å². The average Bonchev–Trinajstić information content (AvgIpc) is 3.47. The number of carbonyl (C=O) groups excluding carboxylic acids is 1. The van der Waals surface area contributed by atoms with Gasteiger partial charge in [-0.3, -0.25) is 14.7 Å². The Morgan fingerprint density at radius 1 is 1.14 bits per heavy atom. The first kappa shape index (κ1) is 21.8. The van der Waals surface area contributed by atoms with Crippen LogP contribution < -0.4 is 16.0 Å². The Hall–Kier alpha value is -1.94. The monoisotopic (exact) mass is 435 g/mol. The highest BCUT2D eigenvalue weighted by Gasteiger charge is 2.23. The van der Waals surface area contributed by atoms with Gasteiger partial charge in [-0.05, 0) is 29.3 Å². The van der Waals surface area contributed by atoms with E-state index in [4.69, 9.17) is 4.74 Å². The number of thiophene rings is 2. The molecule has 3 heterocycles. The lowest BCUT2D eigenvalue weighted by Gasteiger charge is -2.34. The van der Waals surface area contributed by atoms with Gasteiger partial charge in [0.1, 0.15) is 0 Å². The summed E-state index contributed by atoms with van der Waals surface area (Å²) in [5.74, 6) is 0.774. The number of guanidine groups is 1. The summed E-state index contributed by atoms with van der Waals surface area (Å²) in [5, 5.41) is 13.8. The van der Waals surface area contributed by atoms with Gasteiger partial charge >= 0.3 is 0 Å². The molecule has 3 N–H and O–H groups in total. The van der Waals surface area contributed by atoms with E-state index in [0.717, 1.165) is 56.7 Å². The largest absolute Gasteiger partial charge is 0.379 e. The summed E-state index contributed by atoms with van der Waals surface area (Å²) in [6.07, 6.45) is 0.829. The fraction of sp³-hybridized carbons (Fsp3) is 0.500. The first-order valence-corrected chi connectivity index (χ1v) is 11.7. The molecule has 1 aliphatic rings. The van der Waals surface area contributed by atoms with Gasteiger partial charge in [0, 0.05) is 44.6 Å². The van der Waals surface area contributed by atoms with E-state index in [0.29, 0.717) is 12.6 Å². The van der Waals surface area contributed by atoms with E-state index in [2.05, 4.69) is 43.4 Å². The van der Waals surface area contributed by atoms with E-state index in [9.17, 15) is 4.79 Å². The third-order valence-electron chi connectivity index (χ3n) is 4.72. The Kier molecular flexibility index (Phi) is 8.94. The summed E-state index contributed by atoms with van der Waals surface area (Å²) < 4.78 is 5.51. The van der Waals surface area contributed by atoms with Crippen LogP contribution >= 0.6 is 22.7 Å². The molecule has 1 unspecified atom stereocenters. The molecule has 9 heteroatoms. The average molecular weight is 436 g/mol. The predicted octanol–water partition coefficient (Wildman–Crippen LogP) is 2.17. The van der Waals surface area contributed by atoms with Crippen LogP contribution in [0.3, 0.4) is 0 Å². The Morgan fingerprint density at radius 2 is 1.90 bits per heavy atom. The topological polar surface area (TPSA) is 78.0 Å². The summed E-state index contributed by atoms with van der Waals surface area (Å²) in [5.41, 5.74) is 0. The maximum absolute atomic E-state index is 11.9. The van der Waals surface area contributed by atoms with Crippen molar-refractivity contribution in [1.29, 1.82) is 0 Å². The van der Waals surface area contributed by atoms with Gasteiger partial charge in [-0.1, -0.05) is 12.1 Å². The number of morpholine rings is 1. The zero-order valence-electron chi connectivity index (χ0n) is 16.7. The molecule has 7 nitrogen and oxygen atoms in total. The van der Waals surface area contributed by atoms with Gasteiger partial charge in [0.25, 0.3) is 5.91 Å². The third kappa shape index (κ3) is 6.81. The molecule has 1 amide bonds. The van der Waals surface area contributed by atoms with Crippen molar-refractivity contribution in [3.05, 3.63) is 44.8 Å². The van der Waals surface area contributed by atoms with E-state index in [1.165, 1.54) is 16.2 Å². The van der Waals surface area contributed by atoms with Crippen LogP contribution in [0.2, 0.25) is 0 Å². The first-order chi connectivity index (χ1) is 14.3. The van der Waals surface area contributed by atoms with Gasteiger partial charge in [-0.15, -0.1) is 22.7 Å². The van der Waals surface area contributed by atoms with Crippen molar-refractivity contribution in [3.8, 4) is 0 Å². The van der Waals surface area contributed by atoms with E-state index < -0.39 is 0 Å². The summed E-state index contributed by atoms with van der Waals surface area (Å²) in [4.78, 5) is 20.8. The molecule has 3 rings (SSSR count). The third-order valence-corrected chi connectivity index (χ3v) is 6.56. The summed E-state index contributed by atoms with van der Waals surface area (Å²) in [6, 6.07) is 8.33. The Balaban J connectivity index is 1.39. The zero-order valence-corrected chi connectivity index (χ0v) is 18.4. The molecular weight excluding hydrogens is 406 g/mol. The lowest BCUT2D eigenvalue weighted by molar-refractivity contribution is 0.0177. The highest BCUT2D eigenvalue weighted by Crippen LogP contribution is 2.25. The predicted molar refractivity (Wildman–Crippen MR) is 120 cm³/mol. The van der Waals surface area contributed by atoms with Gasteiger partial charge < -0.3 is 20.7 Å². The molecule has 0 radical (unpaired) electrons. The molecule has 1 fully saturated rings. The van der Waals surface area contributed by atoms with Crippen molar-refractivity contribution in [3.63, 3.8) is 0 Å². The van der Waals surface area contributed by atoms with Gasteiger partial charge in [0.15, 0.2) is 5.96 Å². The van der Waals surface area contributed by atoms with Crippen LogP contribution in [0.25, 0.3) is 0 Å². The molecule has 1 saturated heterocycles. The number of ether oxygens (including phenoxy) is 1. The van der Waals surface area contributed by atoms with Crippen LogP contribution in [0.4, 0.5) is 0 Å². The maximum Gasteiger partial charge on any atom is 0.261 e. The maximum atomic E-state index is 11.9. The number of nitrogens with zero attached hydrogens (tertiary/aromatic N) is 2. The number of rotatable bonds is 9. The lowest BCUT2D eigenvalue weighted by Crippen LogP contribution is -2.46. The molecule has 29 heavy (non-hydrogen) atoms. The normalized spacial score (nSPS) is 16.4. The van der Waals surface area contributed by atoms with Gasteiger partial charge in [0.2, 0.25) is 0 Å². The van der Waals surface area contributed by atoms with Crippen LogP contribution in [0.5, 0.6) is 0 Å². The second-order valence-corrected chi connectivity index (χ2v) is 8.57. The Morgan fingerprint density at radius 3 is 2.59 bits per heavy atom. The number of nitrogens with one attached hydrogen (secondary N) is 3. The van der Waals surface area contributed by atoms with Crippen LogP contribution in [0.15, 0.2) is 40.0 Å². The van der Waals surface area contributed by atoms with Crippen molar-refractivity contribution in [1.82, 2.24) is 20.9 Å². The van der Waals surface area contributed by atoms with Crippen molar-refractivity contribution in [2.24, 2.45) is 4.99 Å². The molecule has 1 atom stereocenters. The number of carbonyl (C=O) groups is 1. The number of hydrogen-bond acceptors (Lipinski definition) is 6. The van der Waals surface area contributed by atoms with E-state index in [-0.39, 0.29) is 5.91 Å². The first-order valence-electron chi connectivity index (χ1n) is 9.89. The van der Waals surface area contributed by atoms with Crippen LogP contribution in [-0.4, -0.2) is 69.8 Å². The van der Waals surface area contributed by atoms with E-state index >= 15 is 0 Å². The Labute approximate surface area is 180 Å². The van der Waals surface area contributed by atoms with Gasteiger partial charge in [-0.2, -0.15) is 0 Å². The second kappa shape index (κ2) is 11.9. The van der Waals surface area contributed by atoms with E-state index in [1.807, 2.05) is 17.5 Å². The lowest BCUT2D eigenvalue weighted by atomic mass is 10.2. The standard InChI is InChI=1S/C20H29N5O2S2/c1-21-20(23-8-4-7-22-19(26)18-6-3-14-29-18)24-15-16(17-5-2-13-28-17)25-9-11-27-12-10-25/h2-3,5-6,13-14,16H,4,7-12,15H2,1H3,(H,22,26)(H2,21,23,24). The summed E-state index contributed by atoms with van der Waals surface area (Å²) in [6.45, 7) is 5.62. The number of amides is 1. The summed E-state index contributed by atoms with van der Waals surface area (Å²) in [7, 11) is 1.78. The molecule has 0 bridgehead atoms. The van der Waals surface area contributed by atoms with Crippen molar-refractivity contribution in [2.75, 3.05) is 53.0 Å².